The Labute approximate surface area is 128 Å². The second-order valence-corrected chi connectivity index (χ2v) is 6.78. The zero-order chi connectivity index (χ0) is 14.2. The first-order chi connectivity index (χ1) is 10.4. The maximum atomic E-state index is 5.69. The Morgan fingerprint density at radius 1 is 1.24 bits per heavy atom. The minimum absolute atomic E-state index is 0.611. The van der Waals surface area contributed by atoms with Crippen molar-refractivity contribution in [1.29, 1.82) is 0 Å². The summed E-state index contributed by atoms with van der Waals surface area (Å²) in [6.45, 7) is 0.641. The summed E-state index contributed by atoms with van der Waals surface area (Å²) in [5.74, 6) is 1.83. The van der Waals surface area contributed by atoms with Gasteiger partial charge in [0.15, 0.2) is 5.16 Å². The molecule has 0 unspecified atom stereocenters. The molecule has 2 aliphatic rings. The molecule has 0 aliphatic heterocycles. The molecule has 5 nitrogen and oxygen atoms in total. The molecule has 2 N–H and O–H groups in total. The number of nitrogens with two attached hydrogens (primary N) is 1. The summed E-state index contributed by atoms with van der Waals surface area (Å²) in [4.78, 5) is 4.51. The van der Waals surface area contributed by atoms with E-state index in [4.69, 9.17) is 5.73 Å². The highest BCUT2D eigenvalue weighted by atomic mass is 32.2. The van der Waals surface area contributed by atoms with E-state index in [1.165, 1.54) is 37.1 Å². The number of hydrogen-bond acceptors (Lipinski definition) is 5. The van der Waals surface area contributed by atoms with Crippen LogP contribution in [0.1, 0.15) is 49.0 Å². The van der Waals surface area contributed by atoms with Gasteiger partial charge >= 0.3 is 0 Å². The van der Waals surface area contributed by atoms with E-state index in [9.17, 15) is 0 Å². The van der Waals surface area contributed by atoms with Crippen LogP contribution < -0.4 is 5.73 Å². The third kappa shape index (κ3) is 2.70. The van der Waals surface area contributed by atoms with Crippen molar-refractivity contribution >= 4 is 11.8 Å². The van der Waals surface area contributed by atoms with E-state index in [0.717, 1.165) is 16.6 Å². The molecule has 0 spiro atoms. The lowest BCUT2D eigenvalue weighted by atomic mass is 10.2. The van der Waals surface area contributed by atoms with Crippen molar-refractivity contribution in [2.45, 2.75) is 54.2 Å². The average molecular weight is 301 g/mol. The second kappa shape index (κ2) is 5.42. The Kier molecular flexibility index (Phi) is 3.43. The molecule has 6 heteroatoms. The van der Waals surface area contributed by atoms with Crippen LogP contribution in [0.5, 0.6) is 0 Å². The van der Waals surface area contributed by atoms with Gasteiger partial charge in [0.1, 0.15) is 10.9 Å². The van der Waals surface area contributed by atoms with Gasteiger partial charge in [-0.2, -0.15) is 0 Å². The quantitative estimate of drug-likeness (QED) is 0.888. The summed E-state index contributed by atoms with van der Waals surface area (Å²) >= 11 is 1.64. The molecule has 2 aromatic heterocycles. The maximum absolute atomic E-state index is 5.69. The fourth-order valence-electron chi connectivity index (χ4n) is 2.60. The highest BCUT2D eigenvalue weighted by Gasteiger charge is 2.36. The molecule has 0 aromatic carbocycles. The first-order valence-electron chi connectivity index (χ1n) is 7.63. The molecule has 110 valence electrons. The van der Waals surface area contributed by atoms with Crippen LogP contribution >= 0.6 is 11.8 Å². The van der Waals surface area contributed by atoms with Gasteiger partial charge in [-0.15, -0.1) is 10.2 Å². The zero-order valence-corrected chi connectivity index (χ0v) is 12.7. The van der Waals surface area contributed by atoms with E-state index in [1.54, 1.807) is 11.8 Å². The van der Waals surface area contributed by atoms with Gasteiger partial charge in [-0.1, -0.05) is 6.07 Å². The van der Waals surface area contributed by atoms with Crippen molar-refractivity contribution in [2.75, 3.05) is 6.54 Å². The maximum Gasteiger partial charge on any atom is 0.197 e. The molecule has 0 saturated heterocycles. The predicted molar refractivity (Wildman–Crippen MR) is 81.4 cm³/mol. The monoisotopic (exact) mass is 301 g/mol. The average Bonchev–Trinajstić information content (AvgIpc) is 3.41. The van der Waals surface area contributed by atoms with Crippen molar-refractivity contribution in [3.8, 4) is 0 Å². The number of aromatic nitrogens is 4. The van der Waals surface area contributed by atoms with Crippen LogP contribution in [0, 0.1) is 0 Å². The minimum Gasteiger partial charge on any atom is -0.330 e. The number of hydrogen-bond donors (Lipinski definition) is 1. The van der Waals surface area contributed by atoms with Crippen molar-refractivity contribution in [3.05, 3.63) is 29.7 Å². The lowest BCUT2D eigenvalue weighted by Crippen LogP contribution is -2.05. The van der Waals surface area contributed by atoms with E-state index in [1.807, 2.05) is 12.3 Å². The van der Waals surface area contributed by atoms with Crippen LogP contribution in [0.2, 0.25) is 0 Å². The third-order valence-corrected chi connectivity index (χ3v) is 5.02. The van der Waals surface area contributed by atoms with Gasteiger partial charge in [0.25, 0.3) is 0 Å². The smallest absolute Gasteiger partial charge is 0.197 e. The molecule has 0 radical (unpaired) electrons. The normalized spacial score (nSPS) is 18.1. The number of rotatable bonds is 6. The van der Waals surface area contributed by atoms with E-state index >= 15 is 0 Å². The standard InChI is InChI=1S/C15H19N5S/c16-8-7-11-2-1-9-17-14(11)21-15-19-18-13(10-3-4-10)20(15)12-5-6-12/h1-2,9-10,12H,3-8,16H2. The third-order valence-electron chi connectivity index (χ3n) is 4.00. The summed E-state index contributed by atoms with van der Waals surface area (Å²) in [5, 5.41) is 10.9. The molecule has 0 bridgehead atoms. The lowest BCUT2D eigenvalue weighted by Gasteiger charge is -2.09. The molecule has 2 saturated carbocycles. The SMILES string of the molecule is NCCc1cccnc1Sc1nnc(C2CC2)n1C1CC1. The number of nitrogens with zero attached hydrogens (tertiary/aromatic N) is 4. The topological polar surface area (TPSA) is 69.6 Å². The molecule has 2 aromatic rings. The summed E-state index contributed by atoms with van der Waals surface area (Å²) in [6.07, 6.45) is 7.71. The van der Waals surface area contributed by atoms with Crippen LogP contribution in [-0.4, -0.2) is 26.3 Å². The fourth-order valence-corrected chi connectivity index (χ4v) is 3.61. The fraction of sp³-hybridized carbons (Fsp3) is 0.533. The van der Waals surface area contributed by atoms with Gasteiger partial charge in [-0.25, -0.2) is 4.98 Å². The molecule has 2 heterocycles. The van der Waals surface area contributed by atoms with E-state index in [-0.39, 0.29) is 0 Å². The lowest BCUT2D eigenvalue weighted by molar-refractivity contribution is 0.626. The summed E-state index contributed by atoms with van der Waals surface area (Å²) in [5.41, 5.74) is 6.89. The molecule has 4 rings (SSSR count). The van der Waals surface area contributed by atoms with E-state index < -0.39 is 0 Å². The highest BCUT2D eigenvalue weighted by molar-refractivity contribution is 7.99. The Hall–Kier alpha value is -1.40. The molecule has 2 fully saturated rings. The summed E-state index contributed by atoms with van der Waals surface area (Å²) in [6, 6.07) is 4.68. The zero-order valence-electron chi connectivity index (χ0n) is 11.9. The van der Waals surface area contributed by atoms with Gasteiger partial charge in [-0.05, 0) is 62.0 Å². The second-order valence-electron chi connectivity index (χ2n) is 5.82. The molecule has 21 heavy (non-hydrogen) atoms. The first-order valence-corrected chi connectivity index (χ1v) is 8.45. The van der Waals surface area contributed by atoms with Crippen LogP contribution in [-0.2, 0) is 6.42 Å². The Morgan fingerprint density at radius 3 is 2.81 bits per heavy atom. The number of pyridine rings is 1. The van der Waals surface area contributed by atoms with Crippen molar-refractivity contribution < 1.29 is 0 Å². The largest absolute Gasteiger partial charge is 0.330 e. The summed E-state index contributed by atoms with van der Waals surface area (Å²) in [7, 11) is 0. The van der Waals surface area contributed by atoms with Gasteiger partial charge in [0, 0.05) is 18.2 Å². The van der Waals surface area contributed by atoms with Crippen LogP contribution in [0.3, 0.4) is 0 Å². The molecule has 0 atom stereocenters. The first kappa shape index (κ1) is 13.3. The highest BCUT2D eigenvalue weighted by Crippen LogP contribution is 2.46. The van der Waals surface area contributed by atoms with Crippen LogP contribution in [0.25, 0.3) is 0 Å². The van der Waals surface area contributed by atoms with E-state index in [2.05, 4.69) is 25.8 Å². The van der Waals surface area contributed by atoms with Gasteiger partial charge in [0.2, 0.25) is 0 Å². The van der Waals surface area contributed by atoms with Gasteiger partial charge < -0.3 is 10.3 Å². The van der Waals surface area contributed by atoms with Crippen molar-refractivity contribution in [1.82, 2.24) is 19.7 Å². The molecule has 0 amide bonds. The van der Waals surface area contributed by atoms with Gasteiger partial charge in [0.05, 0.1) is 0 Å². The minimum atomic E-state index is 0.611. The van der Waals surface area contributed by atoms with E-state index in [0.29, 0.717) is 18.5 Å². The van der Waals surface area contributed by atoms with Crippen molar-refractivity contribution in [3.63, 3.8) is 0 Å². The van der Waals surface area contributed by atoms with Gasteiger partial charge in [-0.3, -0.25) is 0 Å². The predicted octanol–water partition coefficient (Wildman–Crippen LogP) is 2.54. The summed E-state index contributed by atoms with van der Waals surface area (Å²) < 4.78 is 2.36. The van der Waals surface area contributed by atoms with Crippen LogP contribution in [0.15, 0.2) is 28.5 Å². The van der Waals surface area contributed by atoms with Crippen LogP contribution in [0.4, 0.5) is 0 Å². The molecular weight excluding hydrogens is 282 g/mol. The Morgan fingerprint density at radius 2 is 2.10 bits per heavy atom. The van der Waals surface area contributed by atoms with Crippen molar-refractivity contribution in [2.24, 2.45) is 5.73 Å². The Balaban J connectivity index is 1.65. The molecular formula is C15H19N5S. The molecule has 2 aliphatic carbocycles. The Bertz CT molecular complexity index is 645.